The van der Waals surface area contributed by atoms with Crippen LogP contribution in [0.5, 0.6) is 0 Å². The molecule has 0 spiro atoms. The number of allylic oxidation sites excluding steroid dienone is 1. The van der Waals surface area contributed by atoms with Crippen LogP contribution in [0.3, 0.4) is 0 Å². The fourth-order valence-electron chi connectivity index (χ4n) is 1.36. The molecule has 1 aromatic carbocycles. The van der Waals surface area contributed by atoms with Crippen LogP contribution in [0.1, 0.15) is 6.92 Å². The maximum absolute atomic E-state index is 13.2. The summed E-state index contributed by atoms with van der Waals surface area (Å²) in [6, 6.07) is 2.47. The van der Waals surface area contributed by atoms with Gasteiger partial charge in [0.2, 0.25) is 0 Å². The molecule has 0 saturated carbocycles. The van der Waals surface area contributed by atoms with Gasteiger partial charge in [-0.05, 0) is 6.92 Å². The van der Waals surface area contributed by atoms with Crippen molar-refractivity contribution in [1.29, 1.82) is 0 Å². The molecule has 78 valence electrons. The van der Waals surface area contributed by atoms with E-state index in [2.05, 4.69) is 0 Å². The molecule has 2 rings (SSSR count). The molecule has 0 bridgehead atoms. The summed E-state index contributed by atoms with van der Waals surface area (Å²) in [5.41, 5.74) is 5.96. The van der Waals surface area contributed by atoms with Gasteiger partial charge >= 0.3 is 5.76 Å². The summed E-state index contributed by atoms with van der Waals surface area (Å²) >= 11 is 0. The lowest BCUT2D eigenvalue weighted by molar-refractivity contribution is 0.544. The van der Waals surface area contributed by atoms with Crippen LogP contribution in [0.4, 0.5) is 10.1 Å². The summed E-state index contributed by atoms with van der Waals surface area (Å²) in [5, 5.41) is 0. The number of hydrogen-bond donors (Lipinski definition) is 1. The van der Waals surface area contributed by atoms with E-state index in [1.54, 1.807) is 13.0 Å². The third kappa shape index (κ3) is 1.41. The van der Waals surface area contributed by atoms with Crippen molar-refractivity contribution in [3.63, 3.8) is 0 Å². The lowest BCUT2D eigenvalue weighted by atomic mass is 10.3. The van der Waals surface area contributed by atoms with E-state index in [9.17, 15) is 9.18 Å². The molecule has 0 radical (unpaired) electrons. The molecule has 0 saturated heterocycles. The van der Waals surface area contributed by atoms with Gasteiger partial charge in [-0.3, -0.25) is 0 Å². The highest BCUT2D eigenvalue weighted by atomic mass is 19.1. The van der Waals surface area contributed by atoms with Crippen LogP contribution in [-0.4, -0.2) is 4.57 Å². The highest BCUT2D eigenvalue weighted by Crippen LogP contribution is 2.20. The first-order valence-electron chi connectivity index (χ1n) is 4.36. The van der Waals surface area contributed by atoms with Crippen molar-refractivity contribution in [3.8, 4) is 0 Å². The summed E-state index contributed by atoms with van der Waals surface area (Å²) in [4.78, 5) is 11.3. The third-order valence-corrected chi connectivity index (χ3v) is 2.03. The minimum atomic E-state index is -0.568. The number of nitrogens with zero attached hydrogens (tertiary/aromatic N) is 1. The number of nitrogen functional groups attached to an aromatic ring is 1. The van der Waals surface area contributed by atoms with Gasteiger partial charge in [0.25, 0.3) is 0 Å². The topological polar surface area (TPSA) is 61.2 Å². The van der Waals surface area contributed by atoms with Crippen molar-refractivity contribution in [2.45, 2.75) is 6.92 Å². The van der Waals surface area contributed by atoms with Crippen molar-refractivity contribution in [2.75, 3.05) is 5.73 Å². The first kappa shape index (κ1) is 9.51. The Morgan fingerprint density at radius 2 is 2.27 bits per heavy atom. The van der Waals surface area contributed by atoms with E-state index in [0.717, 1.165) is 0 Å². The van der Waals surface area contributed by atoms with E-state index in [-0.39, 0.29) is 11.3 Å². The summed E-state index contributed by atoms with van der Waals surface area (Å²) in [5.74, 6) is -1.13. The second-order valence-electron chi connectivity index (χ2n) is 3.06. The van der Waals surface area contributed by atoms with E-state index in [0.29, 0.717) is 5.52 Å². The molecule has 4 nitrogen and oxygen atoms in total. The fourth-order valence-corrected chi connectivity index (χ4v) is 1.36. The Morgan fingerprint density at radius 1 is 1.53 bits per heavy atom. The maximum Gasteiger partial charge on any atom is 0.424 e. The lowest BCUT2D eigenvalue weighted by Crippen LogP contribution is -2.07. The Bertz CT molecular complexity index is 595. The quantitative estimate of drug-likeness (QED) is 0.727. The highest BCUT2D eigenvalue weighted by Gasteiger charge is 2.10. The number of oxazole rings is 1. The Balaban J connectivity index is 2.87. The Kier molecular flexibility index (Phi) is 2.07. The van der Waals surface area contributed by atoms with Gasteiger partial charge in [0.15, 0.2) is 5.58 Å². The number of hydrogen-bond acceptors (Lipinski definition) is 3. The number of fused-ring (bicyclic) bond motifs is 1. The van der Waals surface area contributed by atoms with Crippen molar-refractivity contribution in [3.05, 3.63) is 34.6 Å². The number of nitrogens with two attached hydrogens (primary N) is 1. The zero-order valence-electron chi connectivity index (χ0n) is 8.03. The summed E-state index contributed by atoms with van der Waals surface area (Å²) in [7, 11) is 0. The first-order valence-corrected chi connectivity index (χ1v) is 4.36. The van der Waals surface area contributed by atoms with Crippen LogP contribution < -0.4 is 11.5 Å². The molecule has 1 aromatic heterocycles. The number of rotatable bonds is 1. The van der Waals surface area contributed by atoms with E-state index in [1.807, 2.05) is 0 Å². The predicted octanol–water partition coefficient (Wildman–Crippen LogP) is 1.81. The highest BCUT2D eigenvalue weighted by molar-refractivity contribution is 5.78. The average Bonchev–Trinajstić information content (AvgIpc) is 2.46. The van der Waals surface area contributed by atoms with Crippen molar-refractivity contribution >= 4 is 23.0 Å². The molecule has 0 aliphatic heterocycles. The Hall–Kier alpha value is -2.04. The molecule has 0 unspecified atom stereocenters. The molecular formula is C10H9FN2O2. The van der Waals surface area contributed by atoms with Crippen LogP contribution >= 0.6 is 0 Å². The standard InChI is InChI=1S/C10H9FN2O2/c1-2-3-13-8-4-6(11)7(12)5-9(8)15-10(13)14/h2-5H,12H2,1H3. The van der Waals surface area contributed by atoms with Crippen LogP contribution in [0.15, 0.2) is 27.4 Å². The third-order valence-electron chi connectivity index (χ3n) is 2.03. The molecule has 5 heteroatoms. The van der Waals surface area contributed by atoms with Gasteiger partial charge in [0, 0.05) is 18.3 Å². The zero-order chi connectivity index (χ0) is 11.0. The normalized spacial score (nSPS) is 11.6. The second kappa shape index (κ2) is 3.27. The molecule has 0 aliphatic rings. The Morgan fingerprint density at radius 3 is 2.93 bits per heavy atom. The van der Waals surface area contributed by atoms with Crippen molar-refractivity contribution in [2.24, 2.45) is 0 Å². The van der Waals surface area contributed by atoms with Gasteiger partial charge in [0.05, 0.1) is 11.2 Å². The molecule has 0 atom stereocenters. The number of halogens is 1. The number of benzene rings is 1. The summed E-state index contributed by atoms with van der Waals surface area (Å²) < 4.78 is 19.3. The second-order valence-corrected chi connectivity index (χ2v) is 3.06. The van der Waals surface area contributed by atoms with Crippen molar-refractivity contribution in [1.82, 2.24) is 4.57 Å². The average molecular weight is 208 g/mol. The minimum Gasteiger partial charge on any atom is -0.407 e. The molecular weight excluding hydrogens is 199 g/mol. The van der Waals surface area contributed by atoms with Crippen molar-refractivity contribution < 1.29 is 8.81 Å². The van der Waals surface area contributed by atoms with E-state index in [4.69, 9.17) is 10.2 Å². The minimum absolute atomic E-state index is 0.0381. The monoisotopic (exact) mass is 208 g/mol. The predicted molar refractivity (Wildman–Crippen MR) is 55.8 cm³/mol. The van der Waals surface area contributed by atoms with Gasteiger partial charge in [-0.2, -0.15) is 0 Å². The number of anilines is 1. The van der Waals surface area contributed by atoms with Gasteiger partial charge in [-0.15, -0.1) is 0 Å². The number of aromatic nitrogens is 1. The van der Waals surface area contributed by atoms with E-state index in [1.165, 1.54) is 22.9 Å². The van der Waals surface area contributed by atoms with Crippen LogP contribution in [0.2, 0.25) is 0 Å². The molecule has 0 aliphatic carbocycles. The largest absolute Gasteiger partial charge is 0.424 e. The van der Waals surface area contributed by atoms with E-state index < -0.39 is 11.6 Å². The SMILES string of the molecule is CC=Cn1c(=O)oc2cc(N)c(F)cc21. The summed E-state index contributed by atoms with van der Waals surface area (Å²) in [6.07, 6.45) is 3.16. The fraction of sp³-hybridized carbons (Fsp3) is 0.100. The lowest BCUT2D eigenvalue weighted by Gasteiger charge is -1.96. The van der Waals surface area contributed by atoms with E-state index >= 15 is 0 Å². The first-order chi connectivity index (χ1) is 7.13. The molecule has 0 fully saturated rings. The molecule has 1 heterocycles. The van der Waals surface area contributed by atoms with Crippen LogP contribution in [0.25, 0.3) is 17.3 Å². The zero-order valence-corrected chi connectivity index (χ0v) is 8.03. The maximum atomic E-state index is 13.2. The Labute approximate surface area is 84.4 Å². The molecule has 15 heavy (non-hydrogen) atoms. The molecule has 2 aromatic rings. The van der Waals surface area contributed by atoms with Gasteiger partial charge in [0.1, 0.15) is 5.82 Å². The smallest absolute Gasteiger partial charge is 0.407 e. The van der Waals surface area contributed by atoms with Gasteiger partial charge < -0.3 is 10.2 Å². The van der Waals surface area contributed by atoms with Crippen LogP contribution in [-0.2, 0) is 0 Å². The van der Waals surface area contributed by atoms with Gasteiger partial charge in [-0.25, -0.2) is 13.8 Å². The van der Waals surface area contributed by atoms with Gasteiger partial charge in [-0.1, -0.05) is 6.08 Å². The molecule has 2 N–H and O–H groups in total. The van der Waals surface area contributed by atoms with Crippen LogP contribution in [0, 0.1) is 5.82 Å². The molecule has 0 amide bonds. The summed E-state index contributed by atoms with van der Waals surface area (Å²) in [6.45, 7) is 1.75.